The number of thiophene rings is 2. The van der Waals surface area contributed by atoms with Gasteiger partial charge in [-0.05, 0) is 83.9 Å². The van der Waals surface area contributed by atoms with Crippen molar-refractivity contribution in [3.8, 4) is 0 Å². The minimum Gasteiger partial charge on any atom is -0.264 e. The topological polar surface area (TPSA) is 12.9 Å². The van der Waals surface area contributed by atoms with Gasteiger partial charge < -0.3 is 0 Å². The van der Waals surface area contributed by atoms with Gasteiger partial charge in [-0.25, -0.2) is 0 Å². The molecular formula is C26H33NS2. The smallest absolute Gasteiger partial charge is 0.0297 e. The first kappa shape index (κ1) is 24.8. The summed E-state index contributed by atoms with van der Waals surface area (Å²) in [7, 11) is 0. The summed E-state index contributed by atoms with van der Waals surface area (Å²) in [5.41, 5.74) is 3.96. The SMILES string of the molecule is Cc1cc(C)c(C)s1.Cc1ccc(C)s1.Cc1ccccc1.Cc1cccnc1. The molecule has 0 atom stereocenters. The van der Waals surface area contributed by atoms with Crippen LogP contribution >= 0.6 is 22.7 Å². The molecule has 0 aliphatic heterocycles. The molecule has 3 heterocycles. The molecule has 4 rings (SSSR count). The summed E-state index contributed by atoms with van der Waals surface area (Å²) in [6.45, 7) is 14.8. The summed E-state index contributed by atoms with van der Waals surface area (Å²) in [5.74, 6) is 0. The summed E-state index contributed by atoms with van der Waals surface area (Å²) in [6, 6.07) is 20.7. The van der Waals surface area contributed by atoms with Crippen LogP contribution in [0.3, 0.4) is 0 Å². The Morgan fingerprint density at radius 3 is 1.38 bits per heavy atom. The van der Waals surface area contributed by atoms with E-state index >= 15 is 0 Å². The van der Waals surface area contributed by atoms with Gasteiger partial charge in [-0.15, -0.1) is 22.7 Å². The number of benzene rings is 1. The zero-order valence-corrected chi connectivity index (χ0v) is 20.3. The van der Waals surface area contributed by atoms with Gasteiger partial charge in [-0.2, -0.15) is 0 Å². The molecule has 1 nitrogen and oxygen atoms in total. The minimum atomic E-state index is 1.21. The normalized spacial score (nSPS) is 9.21. The second-order valence-electron chi connectivity index (χ2n) is 6.94. The van der Waals surface area contributed by atoms with Crippen LogP contribution in [-0.4, -0.2) is 4.98 Å². The molecule has 0 saturated heterocycles. The first-order valence-electron chi connectivity index (χ1n) is 9.73. The summed E-state index contributed by atoms with van der Waals surface area (Å²) >= 11 is 3.71. The molecule has 0 aliphatic rings. The zero-order valence-electron chi connectivity index (χ0n) is 18.7. The van der Waals surface area contributed by atoms with Gasteiger partial charge in [0.1, 0.15) is 0 Å². The van der Waals surface area contributed by atoms with Gasteiger partial charge in [0.05, 0.1) is 0 Å². The van der Waals surface area contributed by atoms with Crippen molar-refractivity contribution in [1.29, 1.82) is 0 Å². The number of hydrogen-bond donors (Lipinski definition) is 0. The van der Waals surface area contributed by atoms with Gasteiger partial charge in [-0.1, -0.05) is 42.0 Å². The van der Waals surface area contributed by atoms with Crippen molar-refractivity contribution in [3.05, 3.63) is 109 Å². The van der Waals surface area contributed by atoms with E-state index in [9.17, 15) is 0 Å². The number of aryl methyl sites for hydroxylation is 7. The van der Waals surface area contributed by atoms with E-state index in [0.29, 0.717) is 0 Å². The van der Waals surface area contributed by atoms with Crippen molar-refractivity contribution >= 4 is 22.7 Å². The Balaban J connectivity index is 0.000000194. The molecule has 154 valence electrons. The highest BCUT2D eigenvalue weighted by molar-refractivity contribution is 7.12. The predicted molar refractivity (Wildman–Crippen MR) is 132 cm³/mol. The zero-order chi connectivity index (χ0) is 21.6. The lowest BCUT2D eigenvalue weighted by Gasteiger charge is -1.82. The van der Waals surface area contributed by atoms with Crippen LogP contribution in [0.4, 0.5) is 0 Å². The Hall–Kier alpha value is -2.23. The van der Waals surface area contributed by atoms with Gasteiger partial charge >= 0.3 is 0 Å². The summed E-state index contributed by atoms with van der Waals surface area (Å²) in [4.78, 5) is 9.55. The van der Waals surface area contributed by atoms with Crippen LogP contribution in [0.1, 0.15) is 36.2 Å². The average Bonchev–Trinajstić information content (AvgIpc) is 3.20. The van der Waals surface area contributed by atoms with Crippen LogP contribution in [-0.2, 0) is 0 Å². The molecule has 0 saturated carbocycles. The van der Waals surface area contributed by atoms with E-state index in [1.807, 2.05) is 66.1 Å². The van der Waals surface area contributed by atoms with Gasteiger partial charge in [-0.3, -0.25) is 4.98 Å². The van der Waals surface area contributed by atoms with Crippen LogP contribution in [0.2, 0.25) is 0 Å². The quantitative estimate of drug-likeness (QED) is 0.276. The highest BCUT2D eigenvalue weighted by Gasteiger charge is 1.93. The van der Waals surface area contributed by atoms with Crippen LogP contribution in [0, 0.1) is 48.5 Å². The molecule has 1 aromatic carbocycles. The fourth-order valence-corrected chi connectivity index (χ4v) is 4.02. The lowest BCUT2D eigenvalue weighted by molar-refractivity contribution is 1.27. The minimum absolute atomic E-state index is 1.21. The Labute approximate surface area is 185 Å². The molecule has 0 N–H and O–H groups in total. The molecule has 3 heteroatoms. The fraction of sp³-hybridized carbons (Fsp3) is 0.269. The van der Waals surface area contributed by atoms with E-state index in [4.69, 9.17) is 0 Å². The van der Waals surface area contributed by atoms with Crippen molar-refractivity contribution < 1.29 is 0 Å². The Morgan fingerprint density at radius 2 is 1.17 bits per heavy atom. The molecule has 0 unspecified atom stereocenters. The maximum atomic E-state index is 3.88. The van der Waals surface area contributed by atoms with Gasteiger partial charge in [0.2, 0.25) is 0 Å². The summed E-state index contributed by atoms with van der Waals surface area (Å²) < 4.78 is 0. The first-order valence-corrected chi connectivity index (χ1v) is 11.4. The van der Waals surface area contributed by atoms with Crippen molar-refractivity contribution in [2.75, 3.05) is 0 Å². The number of nitrogens with zero attached hydrogens (tertiary/aromatic N) is 1. The van der Waals surface area contributed by atoms with Crippen LogP contribution in [0.15, 0.2) is 73.1 Å². The molecular weight excluding hydrogens is 390 g/mol. The van der Waals surface area contributed by atoms with Gasteiger partial charge in [0.15, 0.2) is 0 Å². The van der Waals surface area contributed by atoms with E-state index in [2.05, 4.69) is 76.9 Å². The maximum absolute atomic E-state index is 3.88. The molecule has 4 aromatic rings. The average molecular weight is 424 g/mol. The van der Waals surface area contributed by atoms with Crippen molar-refractivity contribution in [2.45, 2.75) is 48.5 Å². The number of aromatic nitrogens is 1. The molecule has 0 aliphatic carbocycles. The lowest BCUT2D eigenvalue weighted by Crippen LogP contribution is -1.69. The molecule has 0 spiro atoms. The Bertz CT molecular complexity index is 848. The van der Waals surface area contributed by atoms with E-state index < -0.39 is 0 Å². The third-order valence-corrected chi connectivity index (χ3v) is 5.90. The molecule has 0 fully saturated rings. The summed E-state index contributed by atoms with van der Waals surface area (Å²) in [5, 5.41) is 0. The highest BCUT2D eigenvalue weighted by Crippen LogP contribution is 2.18. The molecule has 0 amide bonds. The molecule has 0 bridgehead atoms. The molecule has 3 aromatic heterocycles. The van der Waals surface area contributed by atoms with Crippen LogP contribution in [0.5, 0.6) is 0 Å². The third-order valence-electron chi connectivity index (χ3n) is 3.91. The summed E-state index contributed by atoms with van der Waals surface area (Å²) in [6.07, 6.45) is 3.60. The van der Waals surface area contributed by atoms with E-state index in [0.717, 1.165) is 0 Å². The second-order valence-corrected chi connectivity index (χ2v) is 9.89. The number of hydrogen-bond acceptors (Lipinski definition) is 3. The fourth-order valence-electron chi connectivity index (χ4n) is 2.30. The van der Waals surface area contributed by atoms with Gasteiger partial charge in [0, 0.05) is 31.9 Å². The van der Waals surface area contributed by atoms with Crippen molar-refractivity contribution in [1.82, 2.24) is 4.98 Å². The third kappa shape index (κ3) is 12.0. The first-order chi connectivity index (χ1) is 13.8. The van der Waals surface area contributed by atoms with Gasteiger partial charge in [0.25, 0.3) is 0 Å². The Kier molecular flexibility index (Phi) is 11.9. The number of pyridine rings is 1. The van der Waals surface area contributed by atoms with Crippen molar-refractivity contribution in [2.24, 2.45) is 0 Å². The van der Waals surface area contributed by atoms with E-state index in [1.54, 1.807) is 6.20 Å². The van der Waals surface area contributed by atoms with Crippen LogP contribution < -0.4 is 0 Å². The monoisotopic (exact) mass is 423 g/mol. The van der Waals surface area contributed by atoms with Crippen LogP contribution in [0.25, 0.3) is 0 Å². The largest absolute Gasteiger partial charge is 0.264 e. The molecule has 0 radical (unpaired) electrons. The lowest BCUT2D eigenvalue weighted by atomic mass is 10.2. The van der Waals surface area contributed by atoms with Crippen molar-refractivity contribution in [3.63, 3.8) is 0 Å². The second kappa shape index (κ2) is 13.9. The predicted octanol–water partition coefficient (Wildman–Crippen LogP) is 8.42. The standard InChI is InChI=1S/C7H10S.C7H8.C6H7N.C6H8S/c1-5-4-6(2)8-7(5)3;1-7-5-3-2-4-6-7;1-6-3-2-4-7-5-6;1-5-3-4-6(2)7-5/h4H,1-3H3;2-6H,1H3;2-5H,1H3;3-4H,1-2H3. The number of rotatable bonds is 0. The maximum Gasteiger partial charge on any atom is 0.0297 e. The highest BCUT2D eigenvalue weighted by atomic mass is 32.1. The molecule has 29 heavy (non-hydrogen) atoms. The van der Waals surface area contributed by atoms with E-state index in [-0.39, 0.29) is 0 Å². The Morgan fingerprint density at radius 1 is 0.586 bits per heavy atom. The van der Waals surface area contributed by atoms with E-state index in [1.165, 1.54) is 36.2 Å².